The molecule has 1 aliphatic heterocycles. The Morgan fingerprint density at radius 1 is 1.20 bits per heavy atom. The number of anilines is 2. The summed E-state index contributed by atoms with van der Waals surface area (Å²) in [6.07, 6.45) is 5.24. The number of nitrogens with one attached hydrogen (secondary N) is 1. The smallest absolute Gasteiger partial charge is 0.248 e. The first kappa shape index (κ1) is 16.8. The molecule has 130 valence electrons. The Morgan fingerprint density at radius 2 is 1.96 bits per heavy atom. The fourth-order valence-corrected chi connectivity index (χ4v) is 2.90. The van der Waals surface area contributed by atoms with Crippen LogP contribution in [0.2, 0.25) is 0 Å². The van der Waals surface area contributed by atoms with Crippen molar-refractivity contribution in [3.63, 3.8) is 0 Å². The number of carbonyl (C=O) groups excluding carboxylic acids is 2. The zero-order valence-corrected chi connectivity index (χ0v) is 14.1. The van der Waals surface area contributed by atoms with Gasteiger partial charge in [0.2, 0.25) is 11.8 Å². The lowest BCUT2D eigenvalue weighted by atomic mass is 10.1. The van der Waals surface area contributed by atoms with Gasteiger partial charge in [0.1, 0.15) is 11.5 Å². The molecule has 0 spiro atoms. The van der Waals surface area contributed by atoms with Crippen molar-refractivity contribution in [1.29, 1.82) is 0 Å². The molecule has 1 aliphatic rings. The van der Waals surface area contributed by atoms with E-state index < -0.39 is 5.91 Å². The highest BCUT2D eigenvalue weighted by molar-refractivity contribution is 6.05. The number of aryl methyl sites for hydroxylation is 1. The van der Waals surface area contributed by atoms with Gasteiger partial charge in [0.15, 0.2) is 0 Å². The lowest BCUT2D eigenvalue weighted by molar-refractivity contribution is -0.111. The summed E-state index contributed by atoms with van der Waals surface area (Å²) in [6.45, 7) is 3.70. The minimum Gasteiger partial charge on any atom is -0.462 e. The number of hydrogen-bond donors (Lipinski definition) is 2. The summed E-state index contributed by atoms with van der Waals surface area (Å²) in [7, 11) is 0. The second-order valence-corrected chi connectivity index (χ2v) is 6.06. The van der Waals surface area contributed by atoms with Crippen molar-refractivity contribution in [3.05, 3.63) is 53.5 Å². The van der Waals surface area contributed by atoms with Crippen LogP contribution in [0.5, 0.6) is 0 Å². The minimum absolute atomic E-state index is 0.295. The van der Waals surface area contributed by atoms with Crippen molar-refractivity contribution in [2.24, 2.45) is 5.73 Å². The number of nitrogens with zero attached hydrogens (tertiary/aromatic N) is 1. The molecule has 3 N–H and O–H groups in total. The van der Waals surface area contributed by atoms with E-state index in [4.69, 9.17) is 10.2 Å². The fraction of sp³-hybridized carbons (Fsp3) is 0.263. The average Bonchev–Trinajstić information content (AvgIpc) is 3.24. The van der Waals surface area contributed by atoms with Gasteiger partial charge in [0.25, 0.3) is 0 Å². The summed E-state index contributed by atoms with van der Waals surface area (Å²) in [5, 5.41) is 2.84. The van der Waals surface area contributed by atoms with Crippen molar-refractivity contribution < 1.29 is 14.0 Å². The maximum atomic E-state index is 12.3. The van der Waals surface area contributed by atoms with Gasteiger partial charge in [-0.05, 0) is 56.2 Å². The van der Waals surface area contributed by atoms with Crippen molar-refractivity contribution in [3.8, 4) is 0 Å². The molecule has 1 saturated heterocycles. The van der Waals surface area contributed by atoms with Crippen LogP contribution in [0, 0.1) is 6.92 Å². The lowest BCUT2D eigenvalue weighted by Crippen LogP contribution is -2.21. The summed E-state index contributed by atoms with van der Waals surface area (Å²) in [5.41, 5.74) is 7.21. The van der Waals surface area contributed by atoms with Crippen LogP contribution in [0.4, 0.5) is 11.4 Å². The van der Waals surface area contributed by atoms with Gasteiger partial charge >= 0.3 is 0 Å². The molecule has 2 aromatic rings. The number of benzene rings is 1. The van der Waals surface area contributed by atoms with Gasteiger partial charge < -0.3 is 20.4 Å². The van der Waals surface area contributed by atoms with Gasteiger partial charge in [-0.3, -0.25) is 9.59 Å². The molecular formula is C19H21N3O3. The highest BCUT2D eigenvalue weighted by Crippen LogP contribution is 2.30. The minimum atomic E-state index is -0.523. The summed E-state index contributed by atoms with van der Waals surface area (Å²) < 4.78 is 5.40. The first-order valence-electron chi connectivity index (χ1n) is 8.27. The molecule has 0 atom stereocenters. The van der Waals surface area contributed by atoms with Crippen LogP contribution in [0.1, 0.15) is 34.7 Å². The van der Waals surface area contributed by atoms with Gasteiger partial charge in [-0.15, -0.1) is 0 Å². The molecule has 1 fully saturated rings. The van der Waals surface area contributed by atoms with Crippen molar-refractivity contribution in [2.45, 2.75) is 19.8 Å². The number of primary amides is 1. The van der Waals surface area contributed by atoms with Crippen LogP contribution in [0.25, 0.3) is 6.08 Å². The molecule has 2 heterocycles. The molecule has 1 aromatic carbocycles. The zero-order valence-electron chi connectivity index (χ0n) is 14.1. The number of nitrogens with two attached hydrogens (primary N) is 1. The number of rotatable bonds is 5. The van der Waals surface area contributed by atoms with E-state index in [1.165, 1.54) is 6.08 Å². The molecule has 3 rings (SSSR count). The molecule has 25 heavy (non-hydrogen) atoms. The van der Waals surface area contributed by atoms with Crippen LogP contribution < -0.4 is 16.0 Å². The molecule has 0 bridgehead atoms. The van der Waals surface area contributed by atoms with E-state index in [2.05, 4.69) is 10.2 Å². The monoisotopic (exact) mass is 339 g/mol. The van der Waals surface area contributed by atoms with E-state index in [9.17, 15) is 9.59 Å². The molecule has 0 saturated carbocycles. The van der Waals surface area contributed by atoms with Crippen LogP contribution in [-0.2, 0) is 4.79 Å². The SMILES string of the molecule is Cc1ccc(C=CC(=O)Nc2cc(C(N)=O)ccc2N2CCCC2)o1. The van der Waals surface area contributed by atoms with Gasteiger partial charge in [0, 0.05) is 24.7 Å². The average molecular weight is 339 g/mol. The Balaban J connectivity index is 1.81. The second kappa shape index (κ2) is 7.25. The Bertz CT molecular complexity index is 817. The summed E-state index contributed by atoms with van der Waals surface area (Å²) in [6, 6.07) is 8.77. The summed E-state index contributed by atoms with van der Waals surface area (Å²) in [5.74, 6) is 0.574. The second-order valence-electron chi connectivity index (χ2n) is 6.06. The summed E-state index contributed by atoms with van der Waals surface area (Å²) in [4.78, 5) is 25.9. The first-order chi connectivity index (χ1) is 12.0. The van der Waals surface area contributed by atoms with Crippen LogP contribution in [0.3, 0.4) is 0 Å². The molecule has 0 radical (unpaired) electrons. The number of carbonyl (C=O) groups is 2. The Kier molecular flexibility index (Phi) is 4.88. The predicted octanol–water partition coefficient (Wildman–Crippen LogP) is 2.94. The van der Waals surface area contributed by atoms with Crippen molar-refractivity contribution >= 4 is 29.3 Å². The van der Waals surface area contributed by atoms with E-state index in [-0.39, 0.29) is 5.91 Å². The predicted molar refractivity (Wildman–Crippen MR) is 97.5 cm³/mol. The van der Waals surface area contributed by atoms with E-state index in [0.29, 0.717) is 17.0 Å². The number of furan rings is 1. The third kappa shape index (κ3) is 4.09. The van der Waals surface area contributed by atoms with E-state index in [0.717, 1.165) is 37.4 Å². The zero-order chi connectivity index (χ0) is 17.8. The maximum absolute atomic E-state index is 12.3. The molecule has 2 amide bonds. The van der Waals surface area contributed by atoms with E-state index in [1.54, 1.807) is 24.3 Å². The van der Waals surface area contributed by atoms with Crippen LogP contribution in [0.15, 0.2) is 40.8 Å². The molecule has 0 unspecified atom stereocenters. The summed E-state index contributed by atoms with van der Waals surface area (Å²) >= 11 is 0. The first-order valence-corrected chi connectivity index (χ1v) is 8.27. The number of amides is 2. The van der Waals surface area contributed by atoms with Gasteiger partial charge in [-0.25, -0.2) is 0 Å². The number of hydrogen-bond acceptors (Lipinski definition) is 4. The van der Waals surface area contributed by atoms with E-state index >= 15 is 0 Å². The normalized spacial score (nSPS) is 14.2. The quantitative estimate of drug-likeness (QED) is 0.820. The largest absolute Gasteiger partial charge is 0.462 e. The molecule has 6 nitrogen and oxygen atoms in total. The lowest BCUT2D eigenvalue weighted by Gasteiger charge is -2.21. The van der Waals surface area contributed by atoms with Crippen LogP contribution >= 0.6 is 0 Å². The van der Waals surface area contributed by atoms with Crippen molar-refractivity contribution in [2.75, 3.05) is 23.3 Å². The molecule has 0 aliphatic carbocycles. The third-order valence-corrected chi connectivity index (χ3v) is 4.15. The van der Waals surface area contributed by atoms with E-state index in [1.807, 2.05) is 19.1 Å². The molecule has 6 heteroatoms. The van der Waals surface area contributed by atoms with Crippen LogP contribution in [-0.4, -0.2) is 24.9 Å². The Morgan fingerprint density at radius 3 is 2.60 bits per heavy atom. The highest BCUT2D eigenvalue weighted by atomic mass is 16.3. The van der Waals surface area contributed by atoms with Gasteiger partial charge in [0.05, 0.1) is 11.4 Å². The molecular weight excluding hydrogens is 318 g/mol. The third-order valence-electron chi connectivity index (χ3n) is 4.15. The Labute approximate surface area is 146 Å². The van der Waals surface area contributed by atoms with Gasteiger partial charge in [-0.1, -0.05) is 0 Å². The molecule has 1 aromatic heterocycles. The Hall–Kier alpha value is -3.02. The maximum Gasteiger partial charge on any atom is 0.248 e. The topological polar surface area (TPSA) is 88.6 Å². The fourth-order valence-electron chi connectivity index (χ4n) is 2.90. The highest BCUT2D eigenvalue weighted by Gasteiger charge is 2.18. The van der Waals surface area contributed by atoms with Gasteiger partial charge in [-0.2, -0.15) is 0 Å². The van der Waals surface area contributed by atoms with Crippen molar-refractivity contribution in [1.82, 2.24) is 0 Å². The standard InChI is InChI=1S/C19H21N3O3/c1-13-4-6-15(25-13)7-9-18(23)21-16-12-14(19(20)24)5-8-17(16)22-10-2-3-11-22/h4-9,12H,2-3,10-11H2,1H3,(H2,20,24)(H,21,23).